The Balaban J connectivity index is 0.000000125. The number of phenols is 1. The summed E-state index contributed by atoms with van der Waals surface area (Å²) in [7, 11) is 0. The molecule has 2 unspecified atom stereocenters. The molecule has 2 heteroatoms. The smallest absolute Gasteiger partial charge is 0.115 e. The van der Waals surface area contributed by atoms with E-state index in [9.17, 15) is 0 Å². The number of phenolic OH excluding ortho intramolecular Hbond substituents is 1. The van der Waals surface area contributed by atoms with E-state index >= 15 is 0 Å². The lowest BCUT2D eigenvalue weighted by Crippen LogP contribution is -2.16. The molecule has 2 fully saturated rings. The van der Waals surface area contributed by atoms with Crippen molar-refractivity contribution in [2.75, 3.05) is 13.1 Å². The second kappa shape index (κ2) is 5.90. The van der Waals surface area contributed by atoms with E-state index in [0.717, 1.165) is 11.8 Å². The Bertz CT molecular complexity index is 287. The lowest BCUT2D eigenvalue weighted by Gasteiger charge is -2.23. The normalized spacial score (nSPS) is 27.8. The number of nitrogens with one attached hydrogen (secondary N) is 1. The molecule has 0 spiro atoms. The fourth-order valence-electron chi connectivity index (χ4n) is 2.70. The zero-order valence-electron chi connectivity index (χ0n) is 9.73. The molecule has 0 bridgehead atoms. The first-order chi connectivity index (χ1) is 7.86. The van der Waals surface area contributed by atoms with Gasteiger partial charge in [0.1, 0.15) is 5.75 Å². The summed E-state index contributed by atoms with van der Waals surface area (Å²) in [4.78, 5) is 0. The minimum absolute atomic E-state index is 0.322. The highest BCUT2D eigenvalue weighted by Crippen LogP contribution is 2.31. The van der Waals surface area contributed by atoms with Gasteiger partial charge in [-0.25, -0.2) is 0 Å². The topological polar surface area (TPSA) is 32.3 Å². The first-order valence-electron chi connectivity index (χ1n) is 6.31. The quantitative estimate of drug-likeness (QED) is 0.703. The monoisotopic (exact) mass is 219 g/mol. The van der Waals surface area contributed by atoms with Crippen LogP contribution in [0.2, 0.25) is 0 Å². The average molecular weight is 219 g/mol. The van der Waals surface area contributed by atoms with E-state index in [2.05, 4.69) is 5.32 Å². The SMILES string of the molecule is C1CCC2CNCC2C1.Oc1ccccc1. The highest BCUT2D eigenvalue weighted by Gasteiger charge is 2.28. The Kier molecular flexibility index (Phi) is 4.23. The minimum atomic E-state index is 0.322. The van der Waals surface area contributed by atoms with Gasteiger partial charge in [-0.2, -0.15) is 0 Å². The van der Waals surface area contributed by atoms with E-state index in [1.165, 1.54) is 38.8 Å². The van der Waals surface area contributed by atoms with Crippen molar-refractivity contribution in [1.82, 2.24) is 5.32 Å². The zero-order chi connectivity index (χ0) is 11.2. The van der Waals surface area contributed by atoms with Crippen LogP contribution in [0.15, 0.2) is 30.3 Å². The molecule has 1 saturated heterocycles. The van der Waals surface area contributed by atoms with Crippen molar-refractivity contribution >= 4 is 0 Å². The predicted molar refractivity (Wildman–Crippen MR) is 66.4 cm³/mol. The molecule has 0 amide bonds. The Labute approximate surface area is 97.7 Å². The molecule has 1 aliphatic carbocycles. The fraction of sp³-hybridized carbons (Fsp3) is 0.571. The van der Waals surface area contributed by atoms with E-state index in [4.69, 9.17) is 5.11 Å². The van der Waals surface area contributed by atoms with Crippen molar-refractivity contribution in [2.24, 2.45) is 11.8 Å². The van der Waals surface area contributed by atoms with E-state index in [0.29, 0.717) is 5.75 Å². The van der Waals surface area contributed by atoms with Crippen LogP contribution >= 0.6 is 0 Å². The van der Waals surface area contributed by atoms with E-state index < -0.39 is 0 Å². The van der Waals surface area contributed by atoms with Crippen molar-refractivity contribution < 1.29 is 5.11 Å². The van der Waals surface area contributed by atoms with Crippen LogP contribution in [-0.4, -0.2) is 18.2 Å². The van der Waals surface area contributed by atoms with Crippen molar-refractivity contribution in [3.8, 4) is 5.75 Å². The number of fused-ring (bicyclic) bond motifs is 1. The van der Waals surface area contributed by atoms with Crippen LogP contribution < -0.4 is 5.32 Å². The van der Waals surface area contributed by atoms with Gasteiger partial charge in [0.25, 0.3) is 0 Å². The molecule has 2 nitrogen and oxygen atoms in total. The second-order valence-electron chi connectivity index (χ2n) is 4.80. The first-order valence-corrected chi connectivity index (χ1v) is 6.31. The summed E-state index contributed by atoms with van der Waals surface area (Å²) < 4.78 is 0. The van der Waals surface area contributed by atoms with Crippen LogP contribution in [0.1, 0.15) is 25.7 Å². The average Bonchev–Trinajstić information content (AvgIpc) is 2.79. The molecule has 0 aromatic heterocycles. The largest absolute Gasteiger partial charge is 0.508 e. The summed E-state index contributed by atoms with van der Waals surface area (Å²) in [5.74, 6) is 2.43. The van der Waals surface area contributed by atoms with Gasteiger partial charge in [0.2, 0.25) is 0 Å². The Morgan fingerprint density at radius 3 is 1.94 bits per heavy atom. The van der Waals surface area contributed by atoms with Gasteiger partial charge in [-0.3, -0.25) is 0 Å². The number of para-hydroxylation sites is 1. The molecule has 2 aliphatic rings. The van der Waals surface area contributed by atoms with E-state index in [1.54, 1.807) is 24.3 Å². The molecule has 2 atom stereocenters. The van der Waals surface area contributed by atoms with Gasteiger partial charge in [0.05, 0.1) is 0 Å². The predicted octanol–water partition coefficient (Wildman–Crippen LogP) is 2.79. The van der Waals surface area contributed by atoms with Gasteiger partial charge in [0, 0.05) is 0 Å². The maximum Gasteiger partial charge on any atom is 0.115 e. The highest BCUT2D eigenvalue weighted by atomic mass is 16.3. The maximum atomic E-state index is 8.63. The summed E-state index contributed by atoms with van der Waals surface area (Å²) in [5.41, 5.74) is 0. The molecule has 3 rings (SSSR count). The van der Waals surface area contributed by atoms with Gasteiger partial charge in [-0.15, -0.1) is 0 Å². The summed E-state index contributed by atoms with van der Waals surface area (Å²) in [6.07, 6.45) is 5.97. The third kappa shape index (κ3) is 3.24. The number of hydrogen-bond acceptors (Lipinski definition) is 2. The van der Waals surface area contributed by atoms with Crippen LogP contribution in [0.4, 0.5) is 0 Å². The summed E-state index contributed by atoms with van der Waals surface area (Å²) in [6, 6.07) is 8.71. The Morgan fingerprint density at radius 2 is 1.50 bits per heavy atom. The molecule has 0 radical (unpaired) electrons. The standard InChI is InChI=1S/C8H15N.C6H6O/c1-2-4-8-6-9-5-7(8)3-1;7-6-4-2-1-3-5-6/h7-9H,1-6H2;1-5,7H. The van der Waals surface area contributed by atoms with Gasteiger partial charge < -0.3 is 10.4 Å². The van der Waals surface area contributed by atoms with E-state index in [1.807, 2.05) is 6.07 Å². The molecule has 16 heavy (non-hydrogen) atoms. The third-order valence-corrected chi connectivity index (χ3v) is 3.64. The molecule has 1 heterocycles. The minimum Gasteiger partial charge on any atom is -0.508 e. The summed E-state index contributed by atoms with van der Waals surface area (Å²) >= 11 is 0. The van der Waals surface area contributed by atoms with Crippen LogP contribution in [-0.2, 0) is 0 Å². The lowest BCUT2D eigenvalue weighted by molar-refractivity contribution is 0.299. The van der Waals surface area contributed by atoms with E-state index in [-0.39, 0.29) is 0 Å². The summed E-state index contributed by atoms with van der Waals surface area (Å²) in [6.45, 7) is 2.62. The van der Waals surface area contributed by atoms with Crippen LogP contribution in [0, 0.1) is 11.8 Å². The fourth-order valence-corrected chi connectivity index (χ4v) is 2.70. The van der Waals surface area contributed by atoms with Gasteiger partial charge in [-0.1, -0.05) is 31.0 Å². The van der Waals surface area contributed by atoms with Crippen molar-refractivity contribution in [2.45, 2.75) is 25.7 Å². The molecular formula is C14H21NO. The molecule has 1 aliphatic heterocycles. The number of hydrogen-bond donors (Lipinski definition) is 2. The van der Waals surface area contributed by atoms with Crippen molar-refractivity contribution in [3.63, 3.8) is 0 Å². The summed E-state index contributed by atoms with van der Waals surface area (Å²) in [5, 5.41) is 12.1. The van der Waals surface area contributed by atoms with Gasteiger partial charge in [-0.05, 0) is 49.9 Å². The Morgan fingerprint density at radius 1 is 0.938 bits per heavy atom. The third-order valence-electron chi connectivity index (χ3n) is 3.64. The van der Waals surface area contributed by atoms with Crippen LogP contribution in [0.25, 0.3) is 0 Å². The molecule has 2 N–H and O–H groups in total. The number of rotatable bonds is 0. The van der Waals surface area contributed by atoms with Crippen LogP contribution in [0.3, 0.4) is 0 Å². The molecular weight excluding hydrogens is 198 g/mol. The van der Waals surface area contributed by atoms with Gasteiger partial charge >= 0.3 is 0 Å². The van der Waals surface area contributed by atoms with Crippen molar-refractivity contribution in [3.05, 3.63) is 30.3 Å². The van der Waals surface area contributed by atoms with Crippen molar-refractivity contribution in [1.29, 1.82) is 0 Å². The Hall–Kier alpha value is -1.02. The number of benzene rings is 1. The molecule has 88 valence electrons. The second-order valence-corrected chi connectivity index (χ2v) is 4.80. The number of aromatic hydroxyl groups is 1. The van der Waals surface area contributed by atoms with Gasteiger partial charge in [0.15, 0.2) is 0 Å². The molecule has 1 saturated carbocycles. The first kappa shape index (κ1) is 11.5. The highest BCUT2D eigenvalue weighted by molar-refractivity contribution is 5.18. The molecule has 1 aromatic carbocycles. The zero-order valence-corrected chi connectivity index (χ0v) is 9.73. The van der Waals surface area contributed by atoms with Crippen LogP contribution in [0.5, 0.6) is 5.75 Å². The lowest BCUT2D eigenvalue weighted by atomic mass is 9.82. The molecule has 1 aromatic rings. The maximum absolute atomic E-state index is 8.63.